The van der Waals surface area contributed by atoms with Crippen LogP contribution in [0.2, 0.25) is 5.02 Å². The maximum absolute atomic E-state index is 14.2. The van der Waals surface area contributed by atoms with Gasteiger partial charge in [0, 0.05) is 5.54 Å². The Morgan fingerprint density at radius 3 is 2.53 bits per heavy atom. The summed E-state index contributed by atoms with van der Waals surface area (Å²) in [4.78, 5) is 0. The first-order chi connectivity index (χ1) is 8.08. The number of rotatable bonds is 2. The number of methoxy groups -OCH3 is 1. The molecule has 1 aliphatic carbocycles. The zero-order valence-corrected chi connectivity index (χ0v) is 10.7. The Morgan fingerprint density at radius 1 is 1.29 bits per heavy atom. The highest BCUT2D eigenvalue weighted by atomic mass is 35.5. The van der Waals surface area contributed by atoms with E-state index >= 15 is 0 Å². The van der Waals surface area contributed by atoms with Crippen LogP contribution >= 0.6 is 11.6 Å². The van der Waals surface area contributed by atoms with Crippen LogP contribution in [0.5, 0.6) is 5.75 Å². The molecule has 0 atom stereocenters. The van der Waals surface area contributed by atoms with Crippen LogP contribution in [0.25, 0.3) is 0 Å². The van der Waals surface area contributed by atoms with E-state index in [0.717, 1.165) is 32.1 Å². The van der Waals surface area contributed by atoms with Crippen molar-refractivity contribution in [3.8, 4) is 5.75 Å². The molecule has 2 N–H and O–H groups in total. The van der Waals surface area contributed by atoms with Crippen LogP contribution in [-0.4, -0.2) is 7.11 Å². The molecule has 1 saturated carbocycles. The van der Waals surface area contributed by atoms with E-state index in [-0.39, 0.29) is 5.02 Å². The Labute approximate surface area is 106 Å². The lowest BCUT2D eigenvalue weighted by Crippen LogP contribution is -2.39. The molecule has 1 aliphatic rings. The van der Waals surface area contributed by atoms with Crippen LogP contribution in [-0.2, 0) is 5.54 Å². The van der Waals surface area contributed by atoms with Crippen LogP contribution in [0.15, 0.2) is 12.1 Å². The highest BCUT2D eigenvalue weighted by Crippen LogP contribution is 2.42. The summed E-state index contributed by atoms with van der Waals surface area (Å²) in [6.45, 7) is 0. The van der Waals surface area contributed by atoms with Crippen molar-refractivity contribution in [2.45, 2.75) is 37.6 Å². The van der Waals surface area contributed by atoms with Crippen molar-refractivity contribution < 1.29 is 9.13 Å². The molecule has 0 amide bonds. The highest BCUT2D eigenvalue weighted by molar-refractivity contribution is 6.30. The number of halogens is 2. The van der Waals surface area contributed by atoms with Crippen LogP contribution in [0.3, 0.4) is 0 Å². The van der Waals surface area contributed by atoms with E-state index in [0.29, 0.717) is 11.3 Å². The molecule has 0 bridgehead atoms. The monoisotopic (exact) mass is 257 g/mol. The van der Waals surface area contributed by atoms with E-state index < -0.39 is 11.4 Å². The third-order valence-electron chi connectivity index (χ3n) is 3.52. The third-order valence-corrected chi connectivity index (χ3v) is 3.81. The minimum Gasteiger partial charge on any atom is -0.496 e. The van der Waals surface area contributed by atoms with Crippen molar-refractivity contribution in [3.63, 3.8) is 0 Å². The molecular weight excluding hydrogens is 241 g/mol. The zero-order chi connectivity index (χ0) is 12.5. The molecule has 1 aromatic rings. The smallest absolute Gasteiger partial charge is 0.150 e. The van der Waals surface area contributed by atoms with E-state index in [4.69, 9.17) is 22.1 Å². The Hall–Kier alpha value is -0.800. The fourth-order valence-electron chi connectivity index (χ4n) is 2.60. The van der Waals surface area contributed by atoms with Crippen molar-refractivity contribution >= 4 is 11.6 Å². The predicted octanol–water partition coefficient (Wildman–Crippen LogP) is 3.61. The number of hydrogen-bond acceptors (Lipinski definition) is 2. The van der Waals surface area contributed by atoms with E-state index in [9.17, 15) is 4.39 Å². The molecule has 1 fully saturated rings. The summed E-state index contributed by atoms with van der Waals surface area (Å²) in [6, 6.07) is 3.19. The van der Waals surface area contributed by atoms with E-state index in [1.807, 2.05) is 0 Å². The fraction of sp³-hybridized carbons (Fsp3) is 0.538. The fourth-order valence-corrected chi connectivity index (χ4v) is 2.76. The van der Waals surface area contributed by atoms with Crippen LogP contribution < -0.4 is 10.5 Å². The molecule has 0 heterocycles. The molecule has 0 saturated heterocycles. The molecule has 0 radical (unpaired) electrons. The van der Waals surface area contributed by atoms with Gasteiger partial charge in [0.05, 0.1) is 17.7 Å². The second-order valence-electron chi connectivity index (χ2n) is 4.66. The topological polar surface area (TPSA) is 35.2 Å². The Morgan fingerprint density at radius 2 is 1.94 bits per heavy atom. The Kier molecular flexibility index (Phi) is 3.59. The van der Waals surface area contributed by atoms with Gasteiger partial charge in [-0.15, -0.1) is 0 Å². The molecular formula is C13H17ClFNO. The first-order valence-electron chi connectivity index (χ1n) is 5.90. The number of ether oxygens (including phenoxy) is 1. The van der Waals surface area contributed by atoms with Crippen LogP contribution in [0, 0.1) is 5.82 Å². The van der Waals surface area contributed by atoms with Crippen molar-refractivity contribution in [1.29, 1.82) is 0 Å². The number of hydrogen-bond donors (Lipinski definition) is 1. The summed E-state index contributed by atoms with van der Waals surface area (Å²) in [7, 11) is 1.53. The lowest BCUT2D eigenvalue weighted by Gasteiger charge is -2.35. The average molecular weight is 258 g/mol. The minimum absolute atomic E-state index is 0.108. The van der Waals surface area contributed by atoms with Crippen molar-refractivity contribution in [2.75, 3.05) is 7.11 Å². The van der Waals surface area contributed by atoms with Gasteiger partial charge in [0.15, 0.2) is 5.82 Å². The van der Waals surface area contributed by atoms with Gasteiger partial charge in [-0.1, -0.05) is 30.9 Å². The normalized spacial score (nSPS) is 19.1. The van der Waals surface area contributed by atoms with Crippen molar-refractivity contribution in [2.24, 2.45) is 5.73 Å². The van der Waals surface area contributed by atoms with Crippen LogP contribution in [0.4, 0.5) is 4.39 Å². The SMILES string of the molecule is COc1ccc(Cl)c(F)c1C1(N)CCCCC1. The van der Waals surface area contributed by atoms with Gasteiger partial charge in [0.25, 0.3) is 0 Å². The van der Waals surface area contributed by atoms with Gasteiger partial charge in [0.2, 0.25) is 0 Å². The van der Waals surface area contributed by atoms with Gasteiger partial charge < -0.3 is 10.5 Å². The van der Waals surface area contributed by atoms with Gasteiger partial charge in [-0.25, -0.2) is 4.39 Å². The largest absolute Gasteiger partial charge is 0.496 e. The zero-order valence-electron chi connectivity index (χ0n) is 9.93. The van der Waals surface area contributed by atoms with Gasteiger partial charge in [-0.3, -0.25) is 0 Å². The number of nitrogens with two attached hydrogens (primary N) is 1. The lowest BCUT2D eigenvalue weighted by atomic mass is 9.77. The summed E-state index contributed by atoms with van der Waals surface area (Å²) in [5, 5.41) is 0.108. The van der Waals surface area contributed by atoms with Gasteiger partial charge in [0.1, 0.15) is 5.75 Å². The summed E-state index contributed by atoms with van der Waals surface area (Å²) in [5.74, 6) is 0.0618. The lowest BCUT2D eigenvalue weighted by molar-refractivity contribution is 0.279. The molecule has 0 aromatic heterocycles. The Balaban J connectivity index is 2.51. The molecule has 2 rings (SSSR count). The Bertz CT molecular complexity index is 416. The quantitative estimate of drug-likeness (QED) is 0.879. The molecule has 4 heteroatoms. The third kappa shape index (κ3) is 2.26. The maximum atomic E-state index is 14.2. The van der Waals surface area contributed by atoms with E-state index in [2.05, 4.69) is 0 Å². The molecule has 0 aliphatic heterocycles. The summed E-state index contributed by atoms with van der Waals surface area (Å²) < 4.78 is 19.4. The predicted molar refractivity (Wildman–Crippen MR) is 66.9 cm³/mol. The summed E-state index contributed by atoms with van der Waals surface area (Å²) in [5.41, 5.74) is 6.14. The molecule has 17 heavy (non-hydrogen) atoms. The second kappa shape index (κ2) is 4.83. The van der Waals surface area contributed by atoms with E-state index in [1.165, 1.54) is 13.2 Å². The maximum Gasteiger partial charge on any atom is 0.150 e. The molecule has 2 nitrogen and oxygen atoms in total. The molecule has 94 valence electrons. The molecule has 1 aromatic carbocycles. The van der Waals surface area contributed by atoms with Crippen molar-refractivity contribution in [3.05, 3.63) is 28.5 Å². The first kappa shape index (κ1) is 12.7. The standard InChI is InChI=1S/C13H17ClFNO/c1-17-10-6-5-9(14)12(15)11(10)13(16)7-3-2-4-8-13/h5-6H,2-4,7-8,16H2,1H3. The van der Waals surface area contributed by atoms with Crippen molar-refractivity contribution in [1.82, 2.24) is 0 Å². The van der Waals surface area contributed by atoms with Gasteiger partial charge in [-0.05, 0) is 25.0 Å². The summed E-state index contributed by atoms with van der Waals surface area (Å²) >= 11 is 5.84. The summed E-state index contributed by atoms with van der Waals surface area (Å²) in [6.07, 6.45) is 4.75. The second-order valence-corrected chi connectivity index (χ2v) is 5.06. The molecule has 0 spiro atoms. The average Bonchev–Trinajstić information content (AvgIpc) is 2.33. The molecule has 0 unspecified atom stereocenters. The van der Waals surface area contributed by atoms with Gasteiger partial charge >= 0.3 is 0 Å². The minimum atomic E-state index is -0.640. The number of benzene rings is 1. The van der Waals surface area contributed by atoms with Crippen LogP contribution in [0.1, 0.15) is 37.7 Å². The van der Waals surface area contributed by atoms with E-state index in [1.54, 1.807) is 6.07 Å². The first-order valence-corrected chi connectivity index (χ1v) is 6.27. The van der Waals surface area contributed by atoms with Gasteiger partial charge in [-0.2, -0.15) is 0 Å². The highest BCUT2D eigenvalue weighted by Gasteiger charge is 2.35.